The number of hydrogen-bond donors (Lipinski definition) is 1. The van der Waals surface area contributed by atoms with Crippen LogP contribution in [-0.2, 0) is 13.0 Å². The van der Waals surface area contributed by atoms with Crippen LogP contribution in [0.2, 0.25) is 0 Å². The van der Waals surface area contributed by atoms with Crippen LogP contribution in [0.3, 0.4) is 0 Å². The maximum Gasteiger partial charge on any atom is 0.265 e. The zero-order valence-corrected chi connectivity index (χ0v) is 17.5. The molecule has 2 heterocycles. The highest BCUT2D eigenvalue weighted by molar-refractivity contribution is 7.12. The van der Waals surface area contributed by atoms with E-state index >= 15 is 0 Å². The monoisotopic (exact) mass is 414 g/mol. The minimum atomic E-state index is -0.107. The molecule has 150 valence electrons. The first-order chi connectivity index (χ1) is 14.7. The van der Waals surface area contributed by atoms with Gasteiger partial charge in [0.2, 0.25) is 0 Å². The number of carbonyl (C=O) groups is 1. The zero-order chi connectivity index (χ0) is 20.8. The maximum absolute atomic E-state index is 12.6. The van der Waals surface area contributed by atoms with E-state index in [1.807, 2.05) is 79.0 Å². The predicted molar refractivity (Wildman–Crippen MR) is 121 cm³/mol. The van der Waals surface area contributed by atoms with Crippen LogP contribution < -0.4 is 10.1 Å². The first-order valence-electron chi connectivity index (χ1n) is 9.72. The fourth-order valence-corrected chi connectivity index (χ4v) is 3.88. The second kappa shape index (κ2) is 9.37. The number of pyridine rings is 1. The van der Waals surface area contributed by atoms with E-state index in [1.54, 1.807) is 12.4 Å². The summed E-state index contributed by atoms with van der Waals surface area (Å²) in [5.41, 5.74) is 5.26. The highest BCUT2D eigenvalue weighted by Gasteiger charge is 2.10. The van der Waals surface area contributed by atoms with Crippen molar-refractivity contribution in [2.24, 2.45) is 0 Å². The first kappa shape index (κ1) is 19.9. The molecule has 0 spiro atoms. The smallest absolute Gasteiger partial charge is 0.265 e. The van der Waals surface area contributed by atoms with Gasteiger partial charge in [0.1, 0.15) is 12.4 Å². The molecular formula is C25H22N2O2S. The topological polar surface area (TPSA) is 51.2 Å². The molecule has 0 saturated carbocycles. The number of nitrogens with one attached hydrogen (secondary N) is 1. The van der Waals surface area contributed by atoms with Crippen molar-refractivity contribution in [3.8, 4) is 5.75 Å². The van der Waals surface area contributed by atoms with E-state index in [-0.39, 0.29) is 5.91 Å². The van der Waals surface area contributed by atoms with Crippen LogP contribution in [0.5, 0.6) is 5.75 Å². The van der Waals surface area contributed by atoms with Gasteiger partial charge in [0, 0.05) is 23.6 Å². The Bertz CT molecular complexity index is 1120. The SMILES string of the molecule is Cc1ccccc1OCc1csc(C(=O)Nc2ccc(Cc3ccncc3)cc2)c1. The van der Waals surface area contributed by atoms with E-state index in [0.717, 1.165) is 29.0 Å². The molecule has 2 aromatic carbocycles. The number of aryl methyl sites for hydroxylation is 1. The largest absolute Gasteiger partial charge is 0.489 e. The highest BCUT2D eigenvalue weighted by atomic mass is 32.1. The molecule has 0 atom stereocenters. The Balaban J connectivity index is 1.33. The predicted octanol–water partition coefficient (Wildman–Crippen LogP) is 5.87. The Labute approximate surface area is 180 Å². The lowest BCUT2D eigenvalue weighted by molar-refractivity contribution is 0.103. The van der Waals surface area contributed by atoms with E-state index in [9.17, 15) is 4.79 Å². The number of thiophene rings is 1. The second-order valence-electron chi connectivity index (χ2n) is 7.06. The number of benzene rings is 2. The standard InChI is InChI=1S/C25H22N2O2S/c1-18-4-2-3-5-23(18)29-16-21-15-24(30-17-21)25(28)27-22-8-6-19(7-9-22)14-20-10-12-26-13-11-20/h2-13,15,17H,14,16H2,1H3,(H,27,28). The molecule has 0 bridgehead atoms. The molecular weight excluding hydrogens is 392 g/mol. The van der Waals surface area contributed by atoms with E-state index < -0.39 is 0 Å². The van der Waals surface area contributed by atoms with Gasteiger partial charge in [-0.05, 0) is 71.8 Å². The highest BCUT2D eigenvalue weighted by Crippen LogP contribution is 2.22. The molecule has 4 aromatic rings. The van der Waals surface area contributed by atoms with E-state index in [2.05, 4.69) is 10.3 Å². The molecule has 4 nitrogen and oxygen atoms in total. The van der Waals surface area contributed by atoms with Crippen LogP contribution in [-0.4, -0.2) is 10.9 Å². The van der Waals surface area contributed by atoms with Crippen molar-refractivity contribution in [3.63, 3.8) is 0 Å². The number of hydrogen-bond acceptors (Lipinski definition) is 4. The normalized spacial score (nSPS) is 10.6. The minimum Gasteiger partial charge on any atom is -0.489 e. The van der Waals surface area contributed by atoms with Gasteiger partial charge < -0.3 is 10.1 Å². The lowest BCUT2D eigenvalue weighted by Gasteiger charge is -2.07. The van der Waals surface area contributed by atoms with Crippen LogP contribution in [0.25, 0.3) is 0 Å². The number of anilines is 1. The van der Waals surface area contributed by atoms with Gasteiger partial charge in [0.05, 0.1) is 4.88 Å². The molecule has 4 rings (SSSR count). The molecule has 0 radical (unpaired) electrons. The Morgan fingerprint density at radius 3 is 2.47 bits per heavy atom. The van der Waals surface area contributed by atoms with Crippen molar-refractivity contribution in [1.82, 2.24) is 4.98 Å². The number of aromatic nitrogens is 1. The van der Waals surface area contributed by atoms with Crippen LogP contribution in [0, 0.1) is 6.92 Å². The Morgan fingerprint density at radius 1 is 0.967 bits per heavy atom. The van der Waals surface area contributed by atoms with Crippen LogP contribution in [0.15, 0.2) is 84.5 Å². The first-order valence-corrected chi connectivity index (χ1v) is 10.6. The summed E-state index contributed by atoms with van der Waals surface area (Å²) in [5, 5.41) is 4.93. The number of nitrogens with zero attached hydrogens (tertiary/aromatic N) is 1. The van der Waals surface area contributed by atoms with Crippen molar-refractivity contribution >= 4 is 22.9 Å². The molecule has 0 aliphatic carbocycles. The van der Waals surface area contributed by atoms with E-state index in [0.29, 0.717) is 11.5 Å². The molecule has 5 heteroatoms. The number of rotatable bonds is 7. The van der Waals surface area contributed by atoms with Gasteiger partial charge in [-0.1, -0.05) is 30.3 Å². The van der Waals surface area contributed by atoms with Gasteiger partial charge in [-0.3, -0.25) is 9.78 Å². The fraction of sp³-hybridized carbons (Fsp3) is 0.120. The number of para-hydroxylation sites is 1. The van der Waals surface area contributed by atoms with E-state index in [4.69, 9.17) is 4.74 Å². The van der Waals surface area contributed by atoms with Crippen molar-refractivity contribution in [2.45, 2.75) is 20.0 Å². The molecule has 0 fully saturated rings. The maximum atomic E-state index is 12.6. The number of carbonyl (C=O) groups excluding carboxylic acids is 1. The lowest BCUT2D eigenvalue weighted by Crippen LogP contribution is -2.10. The third kappa shape index (κ3) is 5.13. The summed E-state index contributed by atoms with van der Waals surface area (Å²) < 4.78 is 5.87. The molecule has 0 saturated heterocycles. The number of amides is 1. The van der Waals surface area contributed by atoms with Crippen LogP contribution in [0.1, 0.15) is 31.9 Å². The second-order valence-corrected chi connectivity index (χ2v) is 7.97. The van der Waals surface area contributed by atoms with Crippen molar-refractivity contribution in [2.75, 3.05) is 5.32 Å². The van der Waals surface area contributed by atoms with Gasteiger partial charge in [0.15, 0.2) is 0 Å². The van der Waals surface area contributed by atoms with Gasteiger partial charge in [-0.2, -0.15) is 0 Å². The minimum absolute atomic E-state index is 0.107. The van der Waals surface area contributed by atoms with Gasteiger partial charge in [-0.25, -0.2) is 0 Å². The quantitative estimate of drug-likeness (QED) is 0.411. The number of ether oxygens (including phenoxy) is 1. The molecule has 0 aliphatic heterocycles. The van der Waals surface area contributed by atoms with Gasteiger partial charge in [-0.15, -0.1) is 11.3 Å². The van der Waals surface area contributed by atoms with Crippen molar-refractivity contribution < 1.29 is 9.53 Å². The van der Waals surface area contributed by atoms with E-state index in [1.165, 1.54) is 22.5 Å². The van der Waals surface area contributed by atoms with Gasteiger partial charge >= 0.3 is 0 Å². The third-order valence-corrected chi connectivity index (χ3v) is 5.71. The lowest BCUT2D eigenvalue weighted by atomic mass is 10.1. The summed E-state index contributed by atoms with van der Waals surface area (Å²) in [7, 11) is 0. The summed E-state index contributed by atoms with van der Waals surface area (Å²) in [6.45, 7) is 2.46. The van der Waals surface area contributed by atoms with Crippen molar-refractivity contribution in [3.05, 3.63) is 112 Å². The zero-order valence-electron chi connectivity index (χ0n) is 16.7. The molecule has 0 aliphatic rings. The Kier molecular flexibility index (Phi) is 6.20. The summed E-state index contributed by atoms with van der Waals surface area (Å²) >= 11 is 1.42. The van der Waals surface area contributed by atoms with Crippen molar-refractivity contribution in [1.29, 1.82) is 0 Å². The van der Waals surface area contributed by atoms with Crippen LogP contribution >= 0.6 is 11.3 Å². The molecule has 2 aromatic heterocycles. The molecule has 30 heavy (non-hydrogen) atoms. The average molecular weight is 415 g/mol. The summed E-state index contributed by atoms with van der Waals surface area (Å²) in [6, 6.07) is 21.7. The fourth-order valence-electron chi connectivity index (χ4n) is 3.08. The third-order valence-electron chi connectivity index (χ3n) is 4.73. The summed E-state index contributed by atoms with van der Waals surface area (Å²) in [4.78, 5) is 17.3. The summed E-state index contributed by atoms with van der Waals surface area (Å²) in [5.74, 6) is 0.755. The Hall–Kier alpha value is -3.44. The Morgan fingerprint density at radius 2 is 1.70 bits per heavy atom. The average Bonchev–Trinajstić information content (AvgIpc) is 3.25. The molecule has 1 N–H and O–H groups in total. The summed E-state index contributed by atoms with van der Waals surface area (Å²) in [6.07, 6.45) is 4.43. The van der Waals surface area contributed by atoms with Crippen LogP contribution in [0.4, 0.5) is 5.69 Å². The molecule has 1 amide bonds. The van der Waals surface area contributed by atoms with Gasteiger partial charge in [0.25, 0.3) is 5.91 Å². The molecule has 0 unspecified atom stereocenters.